The van der Waals surface area contributed by atoms with Gasteiger partial charge in [-0.2, -0.15) is 0 Å². The maximum absolute atomic E-state index is 13.0. The van der Waals surface area contributed by atoms with Gasteiger partial charge in [0.05, 0.1) is 23.4 Å². The molecule has 10 heteroatoms. The van der Waals surface area contributed by atoms with Crippen LogP contribution in [0.25, 0.3) is 11.0 Å². The van der Waals surface area contributed by atoms with E-state index in [1.807, 2.05) is 6.92 Å². The molecule has 1 N–H and O–H groups in total. The first-order valence-electron chi connectivity index (χ1n) is 12.3. The molecule has 196 valence electrons. The number of rotatable bonds is 8. The number of furan rings is 1. The highest BCUT2D eigenvalue weighted by Gasteiger charge is 2.45. The second-order valence-electron chi connectivity index (χ2n) is 9.62. The largest absolute Gasteiger partial charge is 0.493 e. The number of hydrogen-bond donors (Lipinski definition) is 1. The molecule has 0 atom stereocenters. The Hall–Kier alpha value is -4.08. The lowest BCUT2D eigenvalue weighted by Crippen LogP contribution is -2.47. The molecule has 10 nitrogen and oxygen atoms in total. The van der Waals surface area contributed by atoms with Crippen LogP contribution in [0.2, 0.25) is 0 Å². The SMILES string of the molecule is CCN1C(=O)C(C)(C)C(=O)N(C)c2cc(OCCCNC(=O)Cn3ccc4oc(C)cc4c3=O)ccc21. The Morgan fingerprint density at radius 3 is 2.57 bits per heavy atom. The van der Waals surface area contributed by atoms with Gasteiger partial charge in [-0.1, -0.05) is 0 Å². The van der Waals surface area contributed by atoms with Crippen molar-refractivity contribution in [2.75, 3.05) is 36.5 Å². The van der Waals surface area contributed by atoms with Gasteiger partial charge in [0.2, 0.25) is 17.7 Å². The quantitative estimate of drug-likeness (QED) is 0.370. The molecule has 0 unspecified atom stereocenters. The van der Waals surface area contributed by atoms with Crippen LogP contribution in [0, 0.1) is 12.3 Å². The number of carbonyl (C=O) groups is 3. The number of anilines is 2. The molecule has 2 aromatic heterocycles. The van der Waals surface area contributed by atoms with E-state index in [9.17, 15) is 19.2 Å². The predicted octanol–water partition coefficient (Wildman–Crippen LogP) is 2.84. The molecule has 1 aliphatic heterocycles. The standard InChI is InChI=1S/C27H32N4O6/c1-6-31-20-9-8-18(15-21(20)29(5)25(34)27(3,4)26(31)35)36-13-7-11-28-23(32)16-30-12-10-22-19(24(30)33)14-17(2)37-22/h8-10,12,14-15H,6-7,11,13,16H2,1-5H3,(H,28,32). The van der Waals surface area contributed by atoms with Crippen molar-refractivity contribution in [3.8, 4) is 5.75 Å². The van der Waals surface area contributed by atoms with Gasteiger partial charge in [0, 0.05) is 32.4 Å². The molecular weight excluding hydrogens is 476 g/mol. The highest BCUT2D eigenvalue weighted by Crippen LogP contribution is 2.40. The lowest BCUT2D eigenvalue weighted by molar-refractivity contribution is -0.137. The van der Waals surface area contributed by atoms with E-state index in [1.54, 1.807) is 69.2 Å². The number of aryl methyl sites for hydroxylation is 1. The lowest BCUT2D eigenvalue weighted by atomic mass is 9.90. The molecule has 37 heavy (non-hydrogen) atoms. The number of hydrogen-bond acceptors (Lipinski definition) is 6. The summed E-state index contributed by atoms with van der Waals surface area (Å²) in [5.41, 5.74) is 0.324. The maximum Gasteiger partial charge on any atom is 0.262 e. The van der Waals surface area contributed by atoms with Crippen LogP contribution in [0.4, 0.5) is 11.4 Å². The monoisotopic (exact) mass is 508 g/mol. The molecule has 1 aromatic carbocycles. The molecule has 4 rings (SSSR count). The summed E-state index contributed by atoms with van der Waals surface area (Å²) >= 11 is 0. The number of benzene rings is 1. The first kappa shape index (κ1) is 26.0. The molecule has 3 amide bonds. The van der Waals surface area contributed by atoms with Crippen molar-refractivity contribution in [2.24, 2.45) is 5.41 Å². The number of nitrogens with zero attached hydrogens (tertiary/aromatic N) is 3. The highest BCUT2D eigenvalue weighted by atomic mass is 16.5. The topological polar surface area (TPSA) is 114 Å². The Morgan fingerprint density at radius 2 is 1.84 bits per heavy atom. The van der Waals surface area contributed by atoms with Gasteiger partial charge in [-0.05, 0) is 58.4 Å². The molecule has 0 bridgehead atoms. The van der Waals surface area contributed by atoms with Crippen molar-refractivity contribution in [2.45, 2.75) is 40.7 Å². The Bertz CT molecular complexity index is 1420. The van der Waals surface area contributed by atoms with Crippen molar-refractivity contribution in [3.63, 3.8) is 0 Å². The van der Waals surface area contributed by atoms with Crippen LogP contribution in [0.5, 0.6) is 5.75 Å². The molecule has 0 spiro atoms. The average molecular weight is 509 g/mol. The summed E-state index contributed by atoms with van der Waals surface area (Å²) in [5.74, 6) is 0.400. The average Bonchev–Trinajstić information content (AvgIpc) is 3.24. The van der Waals surface area contributed by atoms with Crippen molar-refractivity contribution in [1.29, 1.82) is 0 Å². The maximum atomic E-state index is 13.0. The van der Waals surface area contributed by atoms with Gasteiger partial charge in [0.15, 0.2) is 0 Å². The first-order valence-corrected chi connectivity index (χ1v) is 12.3. The highest BCUT2D eigenvalue weighted by molar-refractivity contribution is 6.20. The zero-order valence-corrected chi connectivity index (χ0v) is 21.8. The van der Waals surface area contributed by atoms with Gasteiger partial charge in [0.1, 0.15) is 29.1 Å². The molecule has 0 radical (unpaired) electrons. The Morgan fingerprint density at radius 1 is 1.08 bits per heavy atom. The fourth-order valence-electron chi connectivity index (χ4n) is 4.50. The summed E-state index contributed by atoms with van der Waals surface area (Å²) in [4.78, 5) is 53.9. The van der Waals surface area contributed by atoms with Crippen molar-refractivity contribution in [3.05, 3.63) is 52.6 Å². The van der Waals surface area contributed by atoms with E-state index in [0.29, 0.717) is 60.0 Å². The molecule has 3 aromatic rings. The fourth-order valence-corrected chi connectivity index (χ4v) is 4.50. The Kier molecular flexibility index (Phi) is 7.11. The molecule has 0 saturated carbocycles. The molecule has 1 aliphatic rings. The molecule has 3 heterocycles. The van der Waals surface area contributed by atoms with Crippen LogP contribution >= 0.6 is 0 Å². The number of carbonyl (C=O) groups excluding carboxylic acids is 3. The lowest BCUT2D eigenvalue weighted by Gasteiger charge is -2.27. The van der Waals surface area contributed by atoms with E-state index < -0.39 is 5.41 Å². The Labute approximate surface area is 214 Å². The number of nitrogens with one attached hydrogen (secondary N) is 1. The summed E-state index contributed by atoms with van der Waals surface area (Å²) < 4.78 is 12.7. The molecule has 0 saturated heterocycles. The van der Waals surface area contributed by atoms with Crippen molar-refractivity contribution in [1.82, 2.24) is 9.88 Å². The van der Waals surface area contributed by atoms with Crippen molar-refractivity contribution < 1.29 is 23.5 Å². The fraction of sp³-hybridized carbons (Fsp3) is 0.407. The van der Waals surface area contributed by atoms with Crippen LogP contribution in [-0.4, -0.2) is 49.0 Å². The molecule has 0 fully saturated rings. The second kappa shape index (κ2) is 10.1. The smallest absolute Gasteiger partial charge is 0.262 e. The molecular formula is C27H32N4O6. The zero-order chi connectivity index (χ0) is 26.9. The Balaban J connectivity index is 1.33. The van der Waals surface area contributed by atoms with E-state index in [4.69, 9.17) is 9.15 Å². The third kappa shape index (κ3) is 4.96. The minimum atomic E-state index is -1.17. The minimum absolute atomic E-state index is 0.0892. The number of aromatic nitrogens is 1. The number of ether oxygens (including phenoxy) is 1. The number of amides is 3. The summed E-state index contributed by atoms with van der Waals surface area (Å²) in [7, 11) is 1.66. The van der Waals surface area contributed by atoms with Crippen LogP contribution in [-0.2, 0) is 20.9 Å². The van der Waals surface area contributed by atoms with Gasteiger partial charge in [-0.25, -0.2) is 0 Å². The van der Waals surface area contributed by atoms with E-state index in [1.165, 1.54) is 9.47 Å². The number of pyridine rings is 1. The third-order valence-corrected chi connectivity index (χ3v) is 6.54. The van der Waals surface area contributed by atoms with Gasteiger partial charge < -0.3 is 28.8 Å². The third-order valence-electron chi connectivity index (χ3n) is 6.54. The second-order valence-corrected chi connectivity index (χ2v) is 9.62. The van der Waals surface area contributed by atoms with Crippen LogP contribution in [0.1, 0.15) is 33.0 Å². The summed E-state index contributed by atoms with van der Waals surface area (Å²) in [6.45, 7) is 7.98. The van der Waals surface area contributed by atoms with Gasteiger partial charge in [-0.15, -0.1) is 0 Å². The first-order chi connectivity index (χ1) is 17.5. The van der Waals surface area contributed by atoms with Gasteiger partial charge >= 0.3 is 0 Å². The molecule has 0 aliphatic carbocycles. The van der Waals surface area contributed by atoms with Crippen LogP contribution < -0.4 is 25.4 Å². The van der Waals surface area contributed by atoms with E-state index in [-0.39, 0.29) is 29.8 Å². The zero-order valence-electron chi connectivity index (χ0n) is 21.8. The normalized spacial score (nSPS) is 15.1. The summed E-state index contributed by atoms with van der Waals surface area (Å²) in [5, 5.41) is 3.25. The van der Waals surface area contributed by atoms with Crippen molar-refractivity contribution >= 4 is 40.1 Å². The van der Waals surface area contributed by atoms with E-state index in [0.717, 1.165) is 0 Å². The van der Waals surface area contributed by atoms with Crippen LogP contribution in [0.15, 0.2) is 45.7 Å². The van der Waals surface area contributed by atoms with Gasteiger partial charge in [0.25, 0.3) is 5.56 Å². The predicted molar refractivity (Wildman–Crippen MR) is 140 cm³/mol. The van der Waals surface area contributed by atoms with E-state index in [2.05, 4.69) is 5.32 Å². The minimum Gasteiger partial charge on any atom is -0.493 e. The van der Waals surface area contributed by atoms with E-state index >= 15 is 0 Å². The number of fused-ring (bicyclic) bond motifs is 2. The van der Waals surface area contributed by atoms with Crippen LogP contribution in [0.3, 0.4) is 0 Å². The summed E-state index contributed by atoms with van der Waals surface area (Å²) in [6, 6.07) is 8.65. The summed E-state index contributed by atoms with van der Waals surface area (Å²) in [6.07, 6.45) is 2.09. The van der Waals surface area contributed by atoms with Gasteiger partial charge in [-0.3, -0.25) is 19.2 Å².